The van der Waals surface area contributed by atoms with Crippen molar-refractivity contribution >= 4 is 7.82 Å². The van der Waals surface area contributed by atoms with Gasteiger partial charge in [0, 0.05) is 5.92 Å². The fourth-order valence-electron chi connectivity index (χ4n) is 12.3. The molecule has 0 saturated carbocycles. The number of rotatable bonds is 8. The molecule has 16 bridgehead atoms. The molecule has 92 heavy (non-hydrogen) atoms. The predicted octanol–water partition coefficient (Wildman–Crippen LogP) is -18.1. The van der Waals surface area contributed by atoms with Gasteiger partial charge >= 0.3 is 7.82 Å². The molecule has 43 nitrogen and oxygen atoms in total. The van der Waals surface area contributed by atoms with E-state index in [-0.39, 0.29) is 0 Å². The summed E-state index contributed by atoms with van der Waals surface area (Å²) in [5, 5.41) is 266. The van der Waals surface area contributed by atoms with E-state index in [1.165, 1.54) is 0 Å². The van der Waals surface area contributed by atoms with Crippen molar-refractivity contribution in [2.45, 2.75) is 239 Å². The van der Waals surface area contributed by atoms with Crippen molar-refractivity contribution in [3.63, 3.8) is 0 Å². The Morgan fingerprint density at radius 2 is 0.337 bits per heavy atom. The Labute approximate surface area is 518 Å². The van der Waals surface area contributed by atoms with Crippen LogP contribution < -0.4 is 0 Å². The van der Waals surface area contributed by atoms with Gasteiger partial charge < -0.3 is 208 Å². The molecule has 27 N–H and O–H groups in total. The zero-order valence-corrected chi connectivity index (χ0v) is 48.7. The minimum absolute atomic E-state index is 1.07. The van der Waals surface area contributed by atoms with E-state index in [1.54, 1.807) is 0 Å². The minimum atomic E-state index is -4.64. The Hall–Kier alpha value is -1.45. The normalized spacial score (nSPS) is 53.3. The third kappa shape index (κ3) is 15.9. The highest BCUT2D eigenvalue weighted by molar-refractivity contribution is 7.45. The molecule has 0 aromatic rings. The molecule has 0 aliphatic carbocycles. The Balaban J connectivity index is 0.00000210. The number of aliphatic hydroxyl groups is 24. The van der Waals surface area contributed by atoms with Crippen LogP contribution in [-0.4, -0.2) is 429 Å². The highest BCUT2D eigenvalue weighted by atomic mass is 31.2. The van der Waals surface area contributed by atoms with Crippen LogP contribution in [0.2, 0.25) is 0 Å². The van der Waals surface area contributed by atoms with Crippen molar-refractivity contribution in [2.75, 3.05) is 52.9 Å². The lowest BCUT2D eigenvalue weighted by Crippen LogP contribution is -2.70. The summed E-state index contributed by atoms with van der Waals surface area (Å²) in [5.74, 6) is -1.75. The topological polar surface area (TPSA) is 702 Å². The molecule has 40 atom stereocenters. The fraction of sp³-hybridized carbons (Fsp3) is 1.00. The first kappa shape index (κ1) is 76.3. The molecule has 0 spiro atoms. The van der Waals surface area contributed by atoms with Crippen LogP contribution in [0.1, 0.15) is 0 Å². The Kier molecular flexibility index (Phi) is 26.8. The van der Waals surface area contributed by atoms with Crippen LogP contribution in [0.15, 0.2) is 0 Å². The standard InChI is InChI=1S/C48H80O39.H3O4P/c49-1-9-17-18(57)27(66)42(74-9)82-35-11(3-51)76-44(29(68)21(35)60)84-37-13(5-53)78-46(31(70)23(37)62)86-39-15(7-55)80-48(33(72)25(39)64)87-40-16(8-56)79-47(32(71)26(40)65)85-38-14(6-54)77-45(30(69)24(38)63)83-36-12(4-52)75-43(28(67)22(36)61)81-34-10(2-50)73-41(17)20(59)19(34)58;1-5(2,3)4/h9-72H,1-8H2;(H3,1,2,3,4)/t9-,10-,11-,12-,13-,14-,15-,16-,17?,18+,19-,20-,21-,22-,23-,24-,25-,26-,27-,28-,29-,30-,31-,32-,33-,34?,35-,36-,37-,38-,39-,40-,41?,42?,43?,44-,45-,46-,47-,48-;/m1./s1. The molecular weight excluding hydrogens is 1300 g/mol. The van der Waals surface area contributed by atoms with Gasteiger partial charge in [0.25, 0.3) is 0 Å². The number of hydrogen-bond acceptors (Lipinski definition) is 40. The Bertz CT molecular complexity index is 2280. The number of hydrogen-bond donors (Lipinski definition) is 27. The monoisotopic (exact) mass is 1380 g/mol. The molecule has 30 saturated heterocycles. The van der Waals surface area contributed by atoms with Gasteiger partial charge in [-0.1, -0.05) is 0 Å². The summed E-state index contributed by atoms with van der Waals surface area (Å²) < 4.78 is 94.7. The van der Waals surface area contributed by atoms with Gasteiger partial charge in [0.1, 0.15) is 177 Å². The van der Waals surface area contributed by atoms with Gasteiger partial charge in [-0.05, 0) is 0 Å². The van der Waals surface area contributed by atoms with Crippen LogP contribution in [-0.2, 0) is 75.6 Å². The van der Waals surface area contributed by atoms with Gasteiger partial charge in [0.2, 0.25) is 0 Å². The summed E-state index contributed by atoms with van der Waals surface area (Å²) >= 11 is 0. The van der Waals surface area contributed by atoms with E-state index in [2.05, 4.69) is 0 Å². The van der Waals surface area contributed by atoms with Gasteiger partial charge in [-0.2, -0.15) is 0 Å². The smallest absolute Gasteiger partial charge is 0.394 e. The largest absolute Gasteiger partial charge is 0.466 e. The molecule has 0 aromatic carbocycles. The Morgan fingerprint density at radius 1 is 0.196 bits per heavy atom. The summed E-state index contributed by atoms with van der Waals surface area (Å²) in [4.78, 5) is 21.6. The van der Waals surface area contributed by atoms with Crippen LogP contribution in [0.3, 0.4) is 0 Å². The number of aliphatic hydroxyl groups excluding tert-OH is 24. The quantitative estimate of drug-likeness (QED) is 0.100. The molecule has 30 heterocycles. The van der Waals surface area contributed by atoms with Gasteiger partial charge in [-0.15, -0.1) is 0 Å². The molecule has 0 aromatic heterocycles. The van der Waals surface area contributed by atoms with Crippen LogP contribution >= 0.6 is 7.82 Å². The highest BCUT2D eigenvalue weighted by Crippen LogP contribution is 2.42. The molecule has 5 unspecified atom stereocenters. The summed E-state index contributed by atoms with van der Waals surface area (Å²) in [7, 11) is -4.64. The Morgan fingerprint density at radius 3 is 0.522 bits per heavy atom. The third-order valence-corrected chi connectivity index (χ3v) is 17.2. The maximum Gasteiger partial charge on any atom is 0.466 e. The lowest BCUT2D eigenvalue weighted by molar-refractivity contribution is -0.398. The van der Waals surface area contributed by atoms with Gasteiger partial charge in [0.15, 0.2) is 44.0 Å². The van der Waals surface area contributed by atoms with E-state index in [1.807, 2.05) is 0 Å². The first-order valence-corrected chi connectivity index (χ1v) is 30.3. The van der Waals surface area contributed by atoms with Gasteiger partial charge in [0.05, 0.1) is 71.2 Å². The lowest BCUT2D eigenvalue weighted by Gasteiger charge is -2.52. The minimum Gasteiger partial charge on any atom is -0.394 e. The van der Waals surface area contributed by atoms with E-state index in [0.29, 0.717) is 0 Å². The molecule has 30 rings (SSSR count). The van der Waals surface area contributed by atoms with Crippen molar-refractivity contribution in [2.24, 2.45) is 5.92 Å². The second-order valence-corrected chi connectivity index (χ2v) is 24.1. The maximum absolute atomic E-state index is 11.6. The number of ether oxygens (including phenoxy) is 15. The van der Waals surface area contributed by atoms with Crippen LogP contribution in [0.5, 0.6) is 0 Å². The fourth-order valence-corrected chi connectivity index (χ4v) is 12.3. The second-order valence-electron chi connectivity index (χ2n) is 23.0. The maximum atomic E-state index is 11.6. The van der Waals surface area contributed by atoms with E-state index in [9.17, 15) is 123 Å². The third-order valence-electron chi connectivity index (χ3n) is 17.2. The van der Waals surface area contributed by atoms with Crippen molar-refractivity contribution in [1.29, 1.82) is 0 Å². The summed E-state index contributed by atoms with van der Waals surface area (Å²) in [6, 6.07) is 0. The van der Waals surface area contributed by atoms with Gasteiger partial charge in [-0.25, -0.2) is 4.57 Å². The van der Waals surface area contributed by atoms with E-state index in [4.69, 9.17) is 90.3 Å². The average molecular weight is 1380 g/mol. The highest BCUT2D eigenvalue weighted by Gasteiger charge is 2.61. The van der Waals surface area contributed by atoms with E-state index < -0.39 is 306 Å². The summed E-state index contributed by atoms with van der Waals surface area (Å²) in [6.07, 6.45) is -79.7. The van der Waals surface area contributed by atoms with E-state index in [0.717, 1.165) is 0 Å². The summed E-state index contributed by atoms with van der Waals surface area (Å²) in [5.41, 5.74) is 0. The van der Waals surface area contributed by atoms with Crippen molar-refractivity contribution in [3.05, 3.63) is 0 Å². The zero-order valence-electron chi connectivity index (χ0n) is 47.8. The zero-order chi connectivity index (χ0) is 67.9. The molecular formula is C48H83O43P. The van der Waals surface area contributed by atoms with Gasteiger partial charge in [-0.3, -0.25) is 0 Å². The average Bonchev–Trinajstić information content (AvgIpc) is 0.784. The molecule has 0 amide bonds. The van der Waals surface area contributed by atoms with Crippen LogP contribution in [0.4, 0.5) is 0 Å². The predicted molar refractivity (Wildman–Crippen MR) is 274 cm³/mol. The molecule has 30 aliphatic heterocycles. The van der Waals surface area contributed by atoms with Crippen molar-refractivity contribution in [3.8, 4) is 0 Å². The van der Waals surface area contributed by atoms with Crippen LogP contribution in [0.25, 0.3) is 0 Å². The first-order chi connectivity index (χ1) is 43.4. The van der Waals surface area contributed by atoms with E-state index >= 15 is 0 Å². The lowest BCUT2D eigenvalue weighted by atomic mass is 9.78. The van der Waals surface area contributed by atoms with Crippen LogP contribution in [0, 0.1) is 5.92 Å². The van der Waals surface area contributed by atoms with Crippen molar-refractivity contribution in [1.82, 2.24) is 0 Å². The first-order valence-electron chi connectivity index (χ1n) is 28.8. The molecule has 0 radical (unpaired) electrons. The van der Waals surface area contributed by atoms with Crippen molar-refractivity contribution < 1.29 is 213 Å². The molecule has 30 aliphatic rings. The second kappa shape index (κ2) is 32.3. The molecule has 44 heteroatoms. The SMILES string of the molecule is O=P(O)(O)O.OC[C@H]1OC2C3[C@@H](CO)OC(O[C@H]4[C@H](O)[C@@H](O)[C@@H](O[C@H]5[C@H](O)[C@@H](O)[C@@H](O[C@H]6[C@H](O)[C@@H](O)[C@@H](O[C@H]7[C@H](O)[C@@H](O)[C@@H](O[C@H]8[C@H](O)[C@@H](O)[C@@H](O[C@H]9[C@H](O)[C@@H](O)C(OC1[C@H](O)[C@H]2O)O[C@@H]9CO)O[C@@H]8CO)O[C@@H]7CO)O[C@@H]6CO)O[C@@H]5CO)O[C@@H]4CO)[C@H](O)[C@H]3O. The number of phosphoric acid groups is 1. The molecule has 538 valence electrons. The molecule has 30 fully saturated rings. The summed E-state index contributed by atoms with van der Waals surface area (Å²) in [6.45, 7) is -8.63.